The molecule has 0 fully saturated rings. The minimum Gasteiger partial charge on any atom is -0.508 e. The molecule has 0 saturated heterocycles. The zero-order valence-electron chi connectivity index (χ0n) is 7.07. The van der Waals surface area contributed by atoms with Crippen LogP contribution in [0.5, 0.6) is 5.75 Å². The molecule has 0 spiro atoms. The molecule has 0 saturated carbocycles. The van der Waals surface area contributed by atoms with Gasteiger partial charge >= 0.3 is 0 Å². The van der Waals surface area contributed by atoms with Crippen molar-refractivity contribution in [3.63, 3.8) is 0 Å². The highest BCUT2D eigenvalue weighted by atomic mass is 16.3. The number of phenolic OH excluding ortho intramolecular Hbond substituents is 1. The van der Waals surface area contributed by atoms with Crippen LogP contribution in [0.15, 0.2) is 24.3 Å². The summed E-state index contributed by atoms with van der Waals surface area (Å²) in [5, 5.41) is 18.5. The Hall–Kier alpha value is -1.06. The third kappa shape index (κ3) is 1.96. The molecular formula is C9H14NO2+. The monoisotopic (exact) mass is 168 g/mol. The third-order valence-electron chi connectivity index (χ3n) is 1.77. The van der Waals surface area contributed by atoms with Crippen LogP contribution in [0.4, 0.5) is 0 Å². The maximum atomic E-state index is 9.54. The van der Waals surface area contributed by atoms with Gasteiger partial charge in [0.05, 0.1) is 0 Å². The number of phenols is 1. The van der Waals surface area contributed by atoms with Crippen molar-refractivity contribution in [1.29, 1.82) is 0 Å². The number of aliphatic hydroxyl groups excluding tert-OH is 1. The summed E-state index contributed by atoms with van der Waals surface area (Å²) in [5.74, 6) is 0.211. The van der Waals surface area contributed by atoms with Crippen LogP contribution in [0.2, 0.25) is 0 Å². The van der Waals surface area contributed by atoms with Crippen LogP contribution in [0.1, 0.15) is 18.6 Å². The van der Waals surface area contributed by atoms with Crippen molar-refractivity contribution in [3.8, 4) is 5.75 Å². The summed E-state index contributed by atoms with van der Waals surface area (Å²) >= 11 is 0. The van der Waals surface area contributed by atoms with Crippen molar-refractivity contribution in [1.82, 2.24) is 0 Å². The fourth-order valence-corrected chi connectivity index (χ4v) is 1.00. The Balaban J connectivity index is 2.82. The van der Waals surface area contributed by atoms with Crippen LogP contribution >= 0.6 is 0 Å². The zero-order valence-corrected chi connectivity index (χ0v) is 7.07. The number of hydrogen-bond acceptors (Lipinski definition) is 2. The number of quaternary nitrogens is 1. The summed E-state index contributed by atoms with van der Waals surface area (Å²) in [5.41, 5.74) is 4.51. The Morgan fingerprint density at radius 2 is 1.75 bits per heavy atom. The van der Waals surface area contributed by atoms with Crippen molar-refractivity contribution in [3.05, 3.63) is 29.8 Å². The molecule has 5 N–H and O–H groups in total. The average molecular weight is 168 g/mol. The second kappa shape index (κ2) is 3.56. The van der Waals surface area contributed by atoms with Crippen molar-refractivity contribution < 1.29 is 15.9 Å². The predicted molar refractivity (Wildman–Crippen MR) is 45.4 cm³/mol. The topological polar surface area (TPSA) is 68.1 Å². The van der Waals surface area contributed by atoms with Gasteiger partial charge in [-0.1, -0.05) is 12.1 Å². The van der Waals surface area contributed by atoms with E-state index in [0.29, 0.717) is 0 Å². The van der Waals surface area contributed by atoms with Crippen LogP contribution in [0.25, 0.3) is 0 Å². The van der Waals surface area contributed by atoms with Gasteiger partial charge in [0.2, 0.25) is 0 Å². The van der Waals surface area contributed by atoms with Gasteiger partial charge in [-0.3, -0.25) is 0 Å². The van der Waals surface area contributed by atoms with Gasteiger partial charge in [0, 0.05) is 0 Å². The Kier molecular flexibility index (Phi) is 2.68. The summed E-state index contributed by atoms with van der Waals surface area (Å²) in [7, 11) is 0. The molecule has 0 aliphatic carbocycles. The number of aromatic hydroxyl groups is 1. The van der Waals surface area contributed by atoms with Gasteiger partial charge < -0.3 is 15.9 Å². The van der Waals surface area contributed by atoms with Gasteiger partial charge in [0.25, 0.3) is 0 Å². The first kappa shape index (κ1) is 9.03. The maximum absolute atomic E-state index is 9.54. The largest absolute Gasteiger partial charge is 0.508 e. The second-order valence-electron chi connectivity index (χ2n) is 3.01. The van der Waals surface area contributed by atoms with Crippen LogP contribution in [-0.4, -0.2) is 16.3 Å². The van der Waals surface area contributed by atoms with Gasteiger partial charge in [-0.05, 0) is 24.6 Å². The summed E-state index contributed by atoms with van der Waals surface area (Å²) < 4.78 is 0. The average Bonchev–Trinajstić information content (AvgIpc) is 2.04. The highest BCUT2D eigenvalue weighted by Gasteiger charge is 2.14. The third-order valence-corrected chi connectivity index (χ3v) is 1.77. The maximum Gasteiger partial charge on any atom is 0.130 e. The second-order valence-corrected chi connectivity index (χ2v) is 3.01. The molecule has 12 heavy (non-hydrogen) atoms. The smallest absolute Gasteiger partial charge is 0.130 e. The van der Waals surface area contributed by atoms with Crippen molar-refractivity contribution in [2.75, 3.05) is 0 Å². The lowest BCUT2D eigenvalue weighted by atomic mass is 10.0. The zero-order chi connectivity index (χ0) is 9.14. The highest BCUT2D eigenvalue weighted by molar-refractivity contribution is 5.27. The van der Waals surface area contributed by atoms with E-state index in [9.17, 15) is 5.11 Å². The van der Waals surface area contributed by atoms with E-state index >= 15 is 0 Å². The van der Waals surface area contributed by atoms with E-state index in [-0.39, 0.29) is 11.8 Å². The lowest BCUT2D eigenvalue weighted by Gasteiger charge is -2.11. The summed E-state index contributed by atoms with van der Waals surface area (Å²) in [4.78, 5) is 0. The van der Waals surface area contributed by atoms with E-state index in [1.807, 2.05) is 6.92 Å². The molecule has 2 unspecified atom stereocenters. The number of rotatable bonds is 2. The van der Waals surface area contributed by atoms with Crippen molar-refractivity contribution >= 4 is 0 Å². The molecule has 0 amide bonds. The van der Waals surface area contributed by atoms with Crippen molar-refractivity contribution in [2.45, 2.75) is 19.1 Å². The van der Waals surface area contributed by atoms with Gasteiger partial charge in [-0.15, -0.1) is 0 Å². The predicted octanol–water partition coefficient (Wildman–Crippen LogP) is 0.0560. The van der Waals surface area contributed by atoms with Gasteiger partial charge in [-0.25, -0.2) is 0 Å². The van der Waals surface area contributed by atoms with E-state index in [1.54, 1.807) is 24.3 Å². The molecule has 1 aromatic carbocycles. The molecule has 66 valence electrons. The van der Waals surface area contributed by atoms with E-state index in [2.05, 4.69) is 5.73 Å². The quantitative estimate of drug-likeness (QED) is 0.584. The Labute approximate surface area is 71.5 Å². The molecule has 2 atom stereocenters. The molecular weight excluding hydrogens is 154 g/mol. The van der Waals surface area contributed by atoms with Crippen molar-refractivity contribution in [2.24, 2.45) is 0 Å². The summed E-state index contributed by atoms with van der Waals surface area (Å²) in [6, 6.07) is 6.46. The van der Waals surface area contributed by atoms with Crippen LogP contribution in [0, 0.1) is 0 Å². The summed E-state index contributed by atoms with van der Waals surface area (Å²) in [6.45, 7) is 1.84. The van der Waals surface area contributed by atoms with E-state index in [4.69, 9.17) is 5.11 Å². The van der Waals surface area contributed by atoms with E-state index in [0.717, 1.165) is 5.56 Å². The number of benzene rings is 1. The minimum absolute atomic E-state index is 0.0467. The summed E-state index contributed by atoms with van der Waals surface area (Å²) in [6.07, 6.45) is -0.550. The van der Waals surface area contributed by atoms with Gasteiger partial charge in [0.15, 0.2) is 0 Å². The SMILES string of the molecule is CC([NH3+])C(O)c1ccc(O)cc1. The molecule has 3 nitrogen and oxygen atoms in total. The van der Waals surface area contributed by atoms with Crippen LogP contribution < -0.4 is 5.73 Å². The molecule has 0 aliphatic rings. The van der Waals surface area contributed by atoms with E-state index in [1.165, 1.54) is 0 Å². The normalized spacial score (nSPS) is 15.6. The van der Waals surface area contributed by atoms with E-state index < -0.39 is 6.10 Å². The minimum atomic E-state index is -0.550. The van der Waals surface area contributed by atoms with Gasteiger partial charge in [-0.2, -0.15) is 0 Å². The fourth-order valence-electron chi connectivity index (χ4n) is 1.00. The molecule has 0 bridgehead atoms. The Morgan fingerprint density at radius 3 is 2.17 bits per heavy atom. The Morgan fingerprint density at radius 1 is 1.25 bits per heavy atom. The highest BCUT2D eigenvalue weighted by Crippen LogP contribution is 2.17. The van der Waals surface area contributed by atoms with Crippen LogP contribution in [0.3, 0.4) is 0 Å². The van der Waals surface area contributed by atoms with Gasteiger partial charge in [0.1, 0.15) is 17.9 Å². The fraction of sp³-hybridized carbons (Fsp3) is 0.333. The first-order chi connectivity index (χ1) is 5.61. The number of aliphatic hydroxyl groups is 1. The first-order valence-electron chi connectivity index (χ1n) is 3.91. The molecule has 0 aliphatic heterocycles. The molecule has 0 radical (unpaired) electrons. The molecule has 0 aromatic heterocycles. The van der Waals surface area contributed by atoms with Crippen LogP contribution in [-0.2, 0) is 0 Å². The molecule has 1 aromatic rings. The Bertz CT molecular complexity index is 243. The molecule has 1 rings (SSSR count). The number of hydrogen-bond donors (Lipinski definition) is 3. The first-order valence-corrected chi connectivity index (χ1v) is 3.91. The lowest BCUT2D eigenvalue weighted by Crippen LogP contribution is -2.61. The molecule has 0 heterocycles. The lowest BCUT2D eigenvalue weighted by molar-refractivity contribution is -0.433. The standard InChI is InChI=1S/C9H13NO2/c1-6(10)9(12)7-2-4-8(11)5-3-7/h2-6,9,11-12H,10H2,1H3/p+1. The molecule has 3 heteroatoms.